The molecule has 0 radical (unpaired) electrons. The summed E-state index contributed by atoms with van der Waals surface area (Å²) in [6, 6.07) is 12.7. The van der Waals surface area contributed by atoms with Crippen LogP contribution in [0.4, 0.5) is 26.3 Å². The van der Waals surface area contributed by atoms with Gasteiger partial charge >= 0.3 is 6.18 Å². The average Bonchev–Trinajstić information content (AvgIpc) is 3.42. The fraction of sp³-hybridized carbons (Fsp3) is 0.394. The molecule has 2 aromatic carbocycles. The van der Waals surface area contributed by atoms with E-state index in [4.69, 9.17) is 21.1 Å². The first-order valence-corrected chi connectivity index (χ1v) is 15.5. The number of para-hydroxylation sites is 1. The van der Waals surface area contributed by atoms with Gasteiger partial charge in [0.05, 0.1) is 35.2 Å². The summed E-state index contributed by atoms with van der Waals surface area (Å²) in [6.45, 7) is 1.18. The highest BCUT2D eigenvalue weighted by atomic mass is 35.5. The number of likely N-dealkylation sites (tertiary alicyclic amines) is 1. The maximum atomic E-state index is 16.0. The highest BCUT2D eigenvalue weighted by Gasteiger charge is 2.50. The SMILES string of the molecule is CC1(c2ccc(Cl)cc2F)Oc2cccc(C3CCN(Cc4ncc(-c5n[nH]c(C(F)(F)F)n5)cc4CC4(C#N)CC4)CC3(F)F)c2O1. The number of hydrogen-bond acceptors (Lipinski definition) is 7. The van der Waals surface area contributed by atoms with E-state index in [2.05, 4.69) is 21.1 Å². The standard InChI is InChI=1S/C33H27ClF6N6O2/c1-30(23-6-5-20(34)12-24(23)35)47-26-4-2-3-21(27(26)48-30)22-7-10-46(17-32(22,36)37)15-25-18(13-31(16-41)8-9-31)11-19(14-42-25)28-43-29(45-44-28)33(38,39)40/h2-6,11-12,14,22H,7-10,13,15,17H2,1H3,(H,43,44,45). The molecule has 15 heteroatoms. The molecule has 0 bridgehead atoms. The van der Waals surface area contributed by atoms with Gasteiger partial charge in [0.2, 0.25) is 5.82 Å². The van der Waals surface area contributed by atoms with Crippen LogP contribution < -0.4 is 9.47 Å². The second-order valence-corrected chi connectivity index (χ2v) is 13.1. The third kappa shape index (κ3) is 5.94. The van der Waals surface area contributed by atoms with E-state index < -0.39 is 47.4 Å². The topological polar surface area (TPSA) is 100.0 Å². The number of rotatable bonds is 7. The number of benzene rings is 2. The van der Waals surface area contributed by atoms with Gasteiger partial charge in [-0.15, -0.1) is 0 Å². The van der Waals surface area contributed by atoms with Crippen LogP contribution in [-0.4, -0.2) is 44.1 Å². The molecule has 7 rings (SSSR count). The molecule has 8 nitrogen and oxygen atoms in total. The third-order valence-corrected chi connectivity index (χ3v) is 9.38. The Balaban J connectivity index is 1.12. The van der Waals surface area contributed by atoms with Crippen molar-refractivity contribution >= 4 is 11.6 Å². The van der Waals surface area contributed by atoms with Gasteiger partial charge in [-0.1, -0.05) is 23.7 Å². The Hall–Kier alpha value is -4.35. The van der Waals surface area contributed by atoms with E-state index in [0.717, 1.165) is 6.07 Å². The quantitative estimate of drug-likeness (QED) is 0.198. The second-order valence-electron chi connectivity index (χ2n) is 12.7. The van der Waals surface area contributed by atoms with Crippen molar-refractivity contribution in [2.45, 2.75) is 63.0 Å². The number of piperidine rings is 1. The van der Waals surface area contributed by atoms with Crippen molar-refractivity contribution in [1.29, 1.82) is 5.26 Å². The number of nitriles is 1. The Bertz CT molecular complexity index is 1940. The van der Waals surface area contributed by atoms with Crippen LogP contribution in [0.15, 0.2) is 48.7 Å². The number of aromatic nitrogens is 4. The average molecular weight is 689 g/mol. The maximum absolute atomic E-state index is 16.0. The van der Waals surface area contributed by atoms with Crippen LogP contribution in [0.3, 0.4) is 0 Å². The number of pyridine rings is 1. The van der Waals surface area contributed by atoms with Gasteiger partial charge in [-0.25, -0.2) is 18.2 Å². The van der Waals surface area contributed by atoms with E-state index in [1.165, 1.54) is 25.3 Å². The summed E-state index contributed by atoms with van der Waals surface area (Å²) in [5, 5.41) is 15.5. The Kier molecular flexibility index (Phi) is 7.63. The first-order chi connectivity index (χ1) is 22.7. The van der Waals surface area contributed by atoms with Crippen molar-refractivity contribution in [3.8, 4) is 29.0 Å². The lowest BCUT2D eigenvalue weighted by Crippen LogP contribution is -2.47. The number of fused-ring (bicyclic) bond motifs is 1. The molecule has 0 spiro atoms. The van der Waals surface area contributed by atoms with Crippen molar-refractivity contribution in [3.63, 3.8) is 0 Å². The van der Waals surface area contributed by atoms with Gasteiger partial charge in [0.15, 0.2) is 17.3 Å². The van der Waals surface area contributed by atoms with Crippen LogP contribution in [0.1, 0.15) is 60.3 Å². The molecule has 48 heavy (non-hydrogen) atoms. The lowest BCUT2D eigenvalue weighted by molar-refractivity contribution is -0.144. The Morgan fingerprint density at radius 2 is 1.94 bits per heavy atom. The largest absolute Gasteiger partial charge is 0.451 e. The fourth-order valence-electron chi connectivity index (χ4n) is 6.45. The number of alkyl halides is 5. The van der Waals surface area contributed by atoms with Crippen molar-refractivity contribution in [1.82, 2.24) is 25.1 Å². The zero-order valence-corrected chi connectivity index (χ0v) is 26.1. The van der Waals surface area contributed by atoms with E-state index >= 15 is 8.78 Å². The lowest BCUT2D eigenvalue weighted by atomic mass is 9.85. The van der Waals surface area contributed by atoms with Crippen LogP contribution >= 0.6 is 11.6 Å². The summed E-state index contributed by atoms with van der Waals surface area (Å²) in [7, 11) is 0. The zero-order valence-electron chi connectivity index (χ0n) is 25.3. The summed E-state index contributed by atoms with van der Waals surface area (Å²) < 4.78 is 98.3. The maximum Gasteiger partial charge on any atom is 0.451 e. The van der Waals surface area contributed by atoms with Crippen molar-refractivity contribution < 1.29 is 35.8 Å². The van der Waals surface area contributed by atoms with E-state index in [9.17, 15) is 22.8 Å². The minimum atomic E-state index is -4.72. The van der Waals surface area contributed by atoms with E-state index in [1.807, 2.05) is 5.10 Å². The summed E-state index contributed by atoms with van der Waals surface area (Å²) in [5.41, 5.74) is 0.894. The molecule has 2 aliphatic heterocycles. The summed E-state index contributed by atoms with van der Waals surface area (Å²) in [4.78, 5) is 9.55. The van der Waals surface area contributed by atoms with Crippen molar-refractivity contribution in [2.75, 3.05) is 13.1 Å². The number of ether oxygens (including phenoxy) is 2. The number of nitrogens with one attached hydrogen (secondary N) is 1. The van der Waals surface area contributed by atoms with E-state index in [0.29, 0.717) is 24.1 Å². The Labute approximate surface area is 275 Å². The molecule has 2 atom stereocenters. The molecule has 0 amide bonds. The summed E-state index contributed by atoms with van der Waals surface area (Å²) >= 11 is 5.91. The fourth-order valence-corrected chi connectivity index (χ4v) is 6.61. The van der Waals surface area contributed by atoms with Crippen molar-refractivity contribution in [3.05, 3.63) is 87.7 Å². The monoisotopic (exact) mass is 688 g/mol. The number of aromatic amines is 1. The number of hydrogen-bond donors (Lipinski definition) is 1. The van der Waals surface area contributed by atoms with Crippen LogP contribution in [0, 0.1) is 22.6 Å². The van der Waals surface area contributed by atoms with Gasteiger partial charge in [0.1, 0.15) is 5.82 Å². The predicted octanol–water partition coefficient (Wildman–Crippen LogP) is 7.79. The van der Waals surface area contributed by atoms with Crippen LogP contribution in [0.5, 0.6) is 11.5 Å². The zero-order chi connectivity index (χ0) is 34.1. The molecular weight excluding hydrogens is 662 g/mol. The molecule has 2 aromatic heterocycles. The Morgan fingerprint density at radius 3 is 2.60 bits per heavy atom. The van der Waals surface area contributed by atoms with Gasteiger partial charge in [0, 0.05) is 35.8 Å². The van der Waals surface area contributed by atoms with Gasteiger partial charge in [-0.3, -0.25) is 15.0 Å². The molecule has 3 aliphatic rings. The second kappa shape index (κ2) is 11.4. The van der Waals surface area contributed by atoms with Gasteiger partial charge in [-0.05, 0) is 68.1 Å². The Morgan fingerprint density at radius 1 is 1.15 bits per heavy atom. The number of halogens is 7. The third-order valence-electron chi connectivity index (χ3n) is 9.15. The highest BCUT2D eigenvalue weighted by Crippen LogP contribution is 2.53. The smallest absolute Gasteiger partial charge is 0.444 e. The molecule has 1 N–H and O–H groups in total. The molecule has 250 valence electrons. The predicted molar refractivity (Wildman–Crippen MR) is 160 cm³/mol. The molecule has 4 heterocycles. The van der Waals surface area contributed by atoms with Gasteiger partial charge < -0.3 is 9.47 Å². The molecule has 1 saturated heterocycles. The van der Waals surface area contributed by atoms with E-state index in [-0.39, 0.29) is 65.0 Å². The van der Waals surface area contributed by atoms with E-state index in [1.54, 1.807) is 29.2 Å². The summed E-state index contributed by atoms with van der Waals surface area (Å²) in [5.74, 6) is -7.84. The van der Waals surface area contributed by atoms with Crippen LogP contribution in [-0.2, 0) is 24.9 Å². The minimum absolute atomic E-state index is 0.0294. The molecule has 1 aliphatic carbocycles. The first-order valence-electron chi connectivity index (χ1n) is 15.1. The van der Waals surface area contributed by atoms with Crippen molar-refractivity contribution in [2.24, 2.45) is 5.41 Å². The normalized spacial score (nSPS) is 22.8. The number of H-pyrrole nitrogens is 1. The van der Waals surface area contributed by atoms with Crippen LogP contribution in [0.2, 0.25) is 5.02 Å². The molecule has 4 aromatic rings. The summed E-state index contributed by atoms with van der Waals surface area (Å²) in [6.07, 6.45) is -1.80. The number of nitrogens with zero attached hydrogens (tertiary/aromatic N) is 5. The molecule has 2 unspecified atom stereocenters. The lowest BCUT2D eigenvalue weighted by Gasteiger charge is -2.39. The van der Waals surface area contributed by atoms with Gasteiger partial charge in [0.25, 0.3) is 11.7 Å². The van der Waals surface area contributed by atoms with Crippen LogP contribution in [0.25, 0.3) is 11.4 Å². The minimum Gasteiger partial charge on any atom is -0.444 e. The highest BCUT2D eigenvalue weighted by molar-refractivity contribution is 6.30. The molecule has 2 fully saturated rings. The van der Waals surface area contributed by atoms with Gasteiger partial charge in [-0.2, -0.15) is 23.5 Å². The first kappa shape index (κ1) is 32.2. The molecule has 1 saturated carbocycles. The molecular formula is C33H27ClF6N6O2.